The first-order valence-electron chi connectivity index (χ1n) is 9.18. The summed E-state index contributed by atoms with van der Waals surface area (Å²) in [6.07, 6.45) is -3.56. The summed E-state index contributed by atoms with van der Waals surface area (Å²) in [6, 6.07) is 5.77. The molecule has 3 N–H and O–H groups in total. The molecule has 1 aromatic carbocycles. The molecule has 1 heterocycles. The fraction of sp³-hybridized carbons (Fsp3) is 0.526. The van der Waals surface area contributed by atoms with Crippen molar-refractivity contribution in [3.63, 3.8) is 0 Å². The van der Waals surface area contributed by atoms with E-state index in [0.717, 1.165) is 35.2 Å². The Hall–Kier alpha value is -2.58. The van der Waals surface area contributed by atoms with Gasteiger partial charge in [0.2, 0.25) is 0 Å². The van der Waals surface area contributed by atoms with Gasteiger partial charge < -0.3 is 25.1 Å². The van der Waals surface area contributed by atoms with Crippen LogP contribution in [0.1, 0.15) is 25.5 Å². The summed E-state index contributed by atoms with van der Waals surface area (Å²) in [6.45, 7) is 2.75. The number of H-pyrrole nitrogens is 1. The van der Waals surface area contributed by atoms with Crippen LogP contribution >= 0.6 is 0 Å². The van der Waals surface area contributed by atoms with Crippen molar-refractivity contribution in [3.05, 3.63) is 23.9 Å². The molecule has 0 radical (unpaired) electrons. The monoisotopic (exact) mass is 400 g/mol. The third-order valence-electron chi connectivity index (χ3n) is 4.10. The van der Waals surface area contributed by atoms with Gasteiger partial charge in [0.1, 0.15) is 11.5 Å². The van der Waals surface area contributed by atoms with E-state index in [-0.39, 0.29) is 6.54 Å². The molecule has 28 heavy (non-hydrogen) atoms. The minimum atomic E-state index is -4.18. The lowest BCUT2D eigenvalue weighted by atomic mass is 10.2. The first-order chi connectivity index (χ1) is 13.4. The van der Waals surface area contributed by atoms with Crippen molar-refractivity contribution in [1.82, 2.24) is 15.6 Å². The lowest BCUT2D eigenvalue weighted by molar-refractivity contribution is -0.132. The Labute approximate surface area is 162 Å². The molecule has 9 heteroatoms. The molecule has 0 saturated carbocycles. The van der Waals surface area contributed by atoms with Gasteiger partial charge in [-0.25, -0.2) is 0 Å². The zero-order valence-electron chi connectivity index (χ0n) is 16.4. The number of alkyl halides is 3. The average Bonchev–Trinajstić information content (AvgIpc) is 3.06. The number of hydrogen-bond acceptors (Lipinski definition) is 3. The van der Waals surface area contributed by atoms with Gasteiger partial charge in [-0.3, -0.25) is 4.99 Å². The number of nitrogens with zero attached hydrogens (tertiary/aromatic N) is 1. The van der Waals surface area contributed by atoms with E-state index in [2.05, 4.69) is 20.6 Å². The van der Waals surface area contributed by atoms with Crippen LogP contribution in [-0.2, 0) is 6.42 Å². The number of hydrogen-bond donors (Lipinski definition) is 3. The predicted molar refractivity (Wildman–Crippen MR) is 104 cm³/mol. The highest BCUT2D eigenvalue weighted by Gasteiger charge is 2.26. The molecule has 0 amide bonds. The Morgan fingerprint density at radius 1 is 1.14 bits per heavy atom. The molecule has 0 spiro atoms. The molecule has 0 bridgehead atoms. The van der Waals surface area contributed by atoms with Crippen LogP contribution in [0.25, 0.3) is 10.9 Å². The van der Waals surface area contributed by atoms with Crippen molar-refractivity contribution in [2.45, 2.75) is 32.4 Å². The Bertz CT molecular complexity index is 787. The van der Waals surface area contributed by atoms with Crippen LogP contribution in [0.3, 0.4) is 0 Å². The van der Waals surface area contributed by atoms with Crippen molar-refractivity contribution in [2.75, 3.05) is 33.9 Å². The number of aromatic nitrogens is 1. The number of aromatic amines is 1. The van der Waals surface area contributed by atoms with Crippen molar-refractivity contribution >= 4 is 16.9 Å². The average molecular weight is 400 g/mol. The number of halogens is 3. The number of guanidine groups is 1. The quantitative estimate of drug-likeness (QED) is 0.342. The normalized spacial score (nSPS) is 12.3. The maximum atomic E-state index is 12.3. The molecule has 0 aliphatic carbocycles. The van der Waals surface area contributed by atoms with E-state index in [1.807, 2.05) is 25.1 Å². The second-order valence-electron chi connectivity index (χ2n) is 6.24. The molecule has 0 unspecified atom stereocenters. The standard InChI is InChI=1S/C19H27F3N4O2/c1-4-23-18(25-9-7-19(20,21)22)24-8-5-6-13-10-15-16(26-13)11-14(27-2)12-17(15)28-3/h10-12,26H,4-9H2,1-3H3,(H2,23,24,25). The fourth-order valence-electron chi connectivity index (χ4n) is 2.78. The summed E-state index contributed by atoms with van der Waals surface area (Å²) >= 11 is 0. The number of benzene rings is 1. The Kier molecular flexibility index (Phi) is 7.83. The van der Waals surface area contributed by atoms with Gasteiger partial charge in [0, 0.05) is 42.8 Å². The van der Waals surface area contributed by atoms with Crippen molar-refractivity contribution < 1.29 is 22.6 Å². The second kappa shape index (κ2) is 10.1. The fourth-order valence-corrected chi connectivity index (χ4v) is 2.78. The lowest BCUT2D eigenvalue weighted by Crippen LogP contribution is -2.39. The number of rotatable bonds is 9. The summed E-state index contributed by atoms with van der Waals surface area (Å²) in [5, 5.41) is 6.63. The Balaban J connectivity index is 1.92. The maximum Gasteiger partial charge on any atom is 0.390 e. The molecule has 0 fully saturated rings. The third kappa shape index (κ3) is 6.54. The zero-order valence-corrected chi connectivity index (χ0v) is 16.4. The van der Waals surface area contributed by atoms with Crippen LogP contribution in [0.15, 0.2) is 23.2 Å². The number of fused-ring (bicyclic) bond motifs is 1. The van der Waals surface area contributed by atoms with Gasteiger partial charge >= 0.3 is 6.18 Å². The minimum Gasteiger partial charge on any atom is -0.497 e. The molecular weight excluding hydrogens is 373 g/mol. The van der Waals surface area contributed by atoms with E-state index < -0.39 is 12.6 Å². The highest BCUT2D eigenvalue weighted by Crippen LogP contribution is 2.31. The van der Waals surface area contributed by atoms with Crippen LogP contribution in [0.2, 0.25) is 0 Å². The van der Waals surface area contributed by atoms with Crippen LogP contribution < -0.4 is 20.1 Å². The summed E-state index contributed by atoms with van der Waals surface area (Å²) < 4.78 is 47.4. The van der Waals surface area contributed by atoms with Gasteiger partial charge in [-0.05, 0) is 25.8 Å². The maximum absolute atomic E-state index is 12.3. The molecule has 0 atom stereocenters. The topological polar surface area (TPSA) is 70.7 Å². The number of methoxy groups -OCH3 is 2. The predicted octanol–water partition coefficient (Wildman–Crippen LogP) is 3.63. The second-order valence-corrected chi connectivity index (χ2v) is 6.24. The van der Waals surface area contributed by atoms with Gasteiger partial charge in [0.15, 0.2) is 5.96 Å². The van der Waals surface area contributed by atoms with E-state index in [1.165, 1.54) is 0 Å². The molecule has 2 aromatic rings. The molecule has 0 aliphatic heterocycles. The molecule has 1 aromatic heterocycles. The minimum absolute atomic E-state index is 0.195. The van der Waals surface area contributed by atoms with Crippen LogP contribution in [-0.4, -0.2) is 51.0 Å². The summed E-state index contributed by atoms with van der Waals surface area (Å²) in [5.41, 5.74) is 1.96. The van der Waals surface area contributed by atoms with E-state index >= 15 is 0 Å². The third-order valence-corrected chi connectivity index (χ3v) is 4.10. The van der Waals surface area contributed by atoms with Crippen LogP contribution in [0.5, 0.6) is 11.5 Å². The SMILES string of the molecule is CCNC(=NCCCc1cc2c(OC)cc(OC)cc2[nH]1)NCCC(F)(F)F. The van der Waals surface area contributed by atoms with E-state index in [0.29, 0.717) is 24.8 Å². The van der Waals surface area contributed by atoms with Crippen molar-refractivity contribution in [2.24, 2.45) is 4.99 Å². The summed E-state index contributed by atoms with van der Waals surface area (Å²) in [7, 11) is 3.22. The van der Waals surface area contributed by atoms with Crippen molar-refractivity contribution in [3.8, 4) is 11.5 Å². The Morgan fingerprint density at radius 2 is 1.93 bits per heavy atom. The first kappa shape index (κ1) is 21.7. The van der Waals surface area contributed by atoms with Gasteiger partial charge in [-0.2, -0.15) is 13.2 Å². The highest BCUT2D eigenvalue weighted by molar-refractivity contribution is 5.88. The van der Waals surface area contributed by atoms with E-state index in [1.54, 1.807) is 14.2 Å². The van der Waals surface area contributed by atoms with Gasteiger partial charge in [0.25, 0.3) is 0 Å². The van der Waals surface area contributed by atoms with Gasteiger partial charge in [-0.1, -0.05) is 0 Å². The molecule has 2 rings (SSSR count). The van der Waals surface area contributed by atoms with E-state index in [9.17, 15) is 13.2 Å². The summed E-state index contributed by atoms with van der Waals surface area (Å²) in [5.74, 6) is 1.84. The molecule has 156 valence electrons. The van der Waals surface area contributed by atoms with Crippen molar-refractivity contribution in [1.29, 1.82) is 0 Å². The van der Waals surface area contributed by atoms with E-state index in [4.69, 9.17) is 9.47 Å². The molecular formula is C19H27F3N4O2. The number of aryl methyl sites for hydroxylation is 1. The first-order valence-corrected chi connectivity index (χ1v) is 9.18. The molecule has 0 aliphatic rings. The largest absolute Gasteiger partial charge is 0.497 e. The van der Waals surface area contributed by atoms with Gasteiger partial charge in [-0.15, -0.1) is 0 Å². The van der Waals surface area contributed by atoms with Crippen LogP contribution in [0.4, 0.5) is 13.2 Å². The smallest absolute Gasteiger partial charge is 0.390 e. The highest BCUT2D eigenvalue weighted by atomic mass is 19.4. The lowest BCUT2D eigenvalue weighted by Gasteiger charge is -2.12. The van der Waals surface area contributed by atoms with Crippen LogP contribution in [0, 0.1) is 0 Å². The number of ether oxygens (including phenoxy) is 2. The molecule has 0 saturated heterocycles. The number of aliphatic imine (C=N–C) groups is 1. The zero-order chi connectivity index (χ0) is 20.6. The molecule has 6 nitrogen and oxygen atoms in total. The summed E-state index contributed by atoms with van der Waals surface area (Å²) in [4.78, 5) is 7.68. The number of nitrogens with one attached hydrogen (secondary N) is 3. The van der Waals surface area contributed by atoms with Gasteiger partial charge in [0.05, 0.1) is 26.2 Å². The Morgan fingerprint density at radius 3 is 2.57 bits per heavy atom.